The first-order valence-electron chi connectivity index (χ1n) is 5.48. The van der Waals surface area contributed by atoms with Crippen LogP contribution in [0.3, 0.4) is 0 Å². The van der Waals surface area contributed by atoms with Gasteiger partial charge in [0.15, 0.2) is 0 Å². The monoisotopic (exact) mass is 183 g/mol. The average molecular weight is 183 g/mol. The van der Waals surface area contributed by atoms with Crippen molar-refractivity contribution in [2.24, 2.45) is 11.1 Å². The minimum atomic E-state index is 0.605. The molecule has 2 rings (SSSR count). The highest BCUT2D eigenvalue weighted by atomic mass is 15.2. The third-order valence-corrected chi connectivity index (χ3v) is 3.52. The van der Waals surface area contributed by atoms with Gasteiger partial charge in [0.05, 0.1) is 0 Å². The van der Waals surface area contributed by atoms with Crippen LogP contribution in [-0.4, -0.2) is 44.2 Å². The Labute approximate surface area is 80.7 Å². The van der Waals surface area contributed by atoms with Crippen LogP contribution in [0.25, 0.3) is 0 Å². The number of hydrogen-bond donors (Lipinski definition) is 2. The molecule has 2 fully saturated rings. The standard InChI is InChI=1S/C10H21N3/c11-4-7-13-6-3-10(9-13)2-1-5-12-8-10/h12H,1-9,11H2. The molecule has 2 aliphatic rings. The normalized spacial score (nSPS) is 35.8. The summed E-state index contributed by atoms with van der Waals surface area (Å²) in [6.45, 7) is 6.88. The largest absolute Gasteiger partial charge is 0.329 e. The molecule has 0 aliphatic carbocycles. The predicted molar refractivity (Wildman–Crippen MR) is 54.6 cm³/mol. The Morgan fingerprint density at radius 1 is 1.38 bits per heavy atom. The molecule has 1 atom stereocenters. The Hall–Kier alpha value is -0.120. The maximum Gasteiger partial charge on any atom is 0.0105 e. The highest BCUT2D eigenvalue weighted by molar-refractivity contribution is 4.93. The van der Waals surface area contributed by atoms with Crippen LogP contribution in [0, 0.1) is 5.41 Å². The van der Waals surface area contributed by atoms with Gasteiger partial charge in [-0.2, -0.15) is 0 Å². The van der Waals surface area contributed by atoms with Crippen LogP contribution in [0.2, 0.25) is 0 Å². The Morgan fingerprint density at radius 3 is 3.00 bits per heavy atom. The topological polar surface area (TPSA) is 41.3 Å². The summed E-state index contributed by atoms with van der Waals surface area (Å²) in [5.74, 6) is 0. The van der Waals surface area contributed by atoms with Crippen molar-refractivity contribution in [2.45, 2.75) is 19.3 Å². The van der Waals surface area contributed by atoms with Crippen LogP contribution in [0.4, 0.5) is 0 Å². The van der Waals surface area contributed by atoms with Gasteiger partial charge in [-0.15, -0.1) is 0 Å². The molecule has 0 saturated carbocycles. The Balaban J connectivity index is 1.87. The van der Waals surface area contributed by atoms with Crippen molar-refractivity contribution >= 4 is 0 Å². The van der Waals surface area contributed by atoms with Crippen LogP contribution < -0.4 is 11.1 Å². The van der Waals surface area contributed by atoms with Gasteiger partial charge in [0.25, 0.3) is 0 Å². The fourth-order valence-electron chi connectivity index (χ4n) is 2.78. The molecule has 2 heterocycles. The van der Waals surface area contributed by atoms with E-state index in [1.54, 1.807) is 0 Å². The van der Waals surface area contributed by atoms with Gasteiger partial charge in [-0.25, -0.2) is 0 Å². The van der Waals surface area contributed by atoms with E-state index in [4.69, 9.17) is 5.73 Å². The molecule has 0 aromatic rings. The van der Waals surface area contributed by atoms with Crippen LogP contribution in [0.15, 0.2) is 0 Å². The van der Waals surface area contributed by atoms with Crippen molar-refractivity contribution in [3.8, 4) is 0 Å². The van der Waals surface area contributed by atoms with E-state index in [2.05, 4.69) is 10.2 Å². The summed E-state index contributed by atoms with van der Waals surface area (Å²) >= 11 is 0. The zero-order chi connectivity index (χ0) is 9.15. The maximum atomic E-state index is 5.57. The van der Waals surface area contributed by atoms with E-state index in [1.807, 2.05) is 0 Å². The lowest BCUT2D eigenvalue weighted by molar-refractivity contribution is 0.204. The second-order valence-corrected chi connectivity index (χ2v) is 4.60. The lowest BCUT2D eigenvalue weighted by Crippen LogP contribution is -2.42. The minimum absolute atomic E-state index is 0.605. The van der Waals surface area contributed by atoms with Crippen molar-refractivity contribution in [1.29, 1.82) is 0 Å². The highest BCUT2D eigenvalue weighted by Crippen LogP contribution is 2.35. The molecule has 2 aliphatic heterocycles. The average Bonchev–Trinajstić information content (AvgIpc) is 2.51. The SMILES string of the molecule is NCCN1CCC2(CCCNC2)C1. The first-order chi connectivity index (χ1) is 6.35. The third-order valence-electron chi connectivity index (χ3n) is 3.52. The second kappa shape index (κ2) is 3.95. The van der Waals surface area contributed by atoms with Crippen molar-refractivity contribution < 1.29 is 0 Å². The molecule has 0 aromatic heterocycles. The van der Waals surface area contributed by atoms with Gasteiger partial charge in [-0.1, -0.05) is 0 Å². The van der Waals surface area contributed by atoms with Gasteiger partial charge in [-0.3, -0.25) is 0 Å². The summed E-state index contributed by atoms with van der Waals surface area (Å²) < 4.78 is 0. The number of nitrogens with zero attached hydrogens (tertiary/aromatic N) is 1. The van der Waals surface area contributed by atoms with E-state index in [0.29, 0.717) is 5.41 Å². The molecule has 0 radical (unpaired) electrons. The Bertz CT molecular complexity index is 164. The number of nitrogens with two attached hydrogens (primary N) is 1. The van der Waals surface area contributed by atoms with Crippen LogP contribution in [0.1, 0.15) is 19.3 Å². The van der Waals surface area contributed by atoms with E-state index in [0.717, 1.165) is 13.1 Å². The number of rotatable bonds is 2. The molecule has 76 valence electrons. The quantitative estimate of drug-likeness (QED) is 0.634. The molecular formula is C10H21N3. The van der Waals surface area contributed by atoms with Gasteiger partial charge in [0.1, 0.15) is 0 Å². The van der Waals surface area contributed by atoms with Gasteiger partial charge in [-0.05, 0) is 37.8 Å². The molecule has 0 amide bonds. The molecule has 13 heavy (non-hydrogen) atoms. The number of likely N-dealkylation sites (tertiary alicyclic amines) is 1. The summed E-state index contributed by atoms with van der Waals surface area (Å²) in [4.78, 5) is 2.52. The van der Waals surface area contributed by atoms with E-state index >= 15 is 0 Å². The smallest absolute Gasteiger partial charge is 0.0105 e. The zero-order valence-corrected chi connectivity index (χ0v) is 8.39. The number of hydrogen-bond acceptors (Lipinski definition) is 3. The zero-order valence-electron chi connectivity index (χ0n) is 8.39. The molecule has 3 nitrogen and oxygen atoms in total. The molecule has 0 aromatic carbocycles. The third kappa shape index (κ3) is 2.03. The first-order valence-corrected chi connectivity index (χ1v) is 5.48. The van der Waals surface area contributed by atoms with Crippen molar-refractivity contribution in [2.75, 3.05) is 39.3 Å². The Kier molecular flexibility index (Phi) is 2.86. The molecular weight excluding hydrogens is 162 g/mol. The molecule has 1 unspecified atom stereocenters. The van der Waals surface area contributed by atoms with Crippen LogP contribution >= 0.6 is 0 Å². The molecule has 3 heteroatoms. The van der Waals surface area contributed by atoms with Gasteiger partial charge >= 0.3 is 0 Å². The van der Waals surface area contributed by atoms with Crippen molar-refractivity contribution in [3.63, 3.8) is 0 Å². The van der Waals surface area contributed by atoms with Gasteiger partial charge in [0.2, 0.25) is 0 Å². The molecule has 1 spiro atoms. The fourth-order valence-corrected chi connectivity index (χ4v) is 2.78. The summed E-state index contributed by atoms with van der Waals surface area (Å²) in [6.07, 6.45) is 4.15. The summed E-state index contributed by atoms with van der Waals surface area (Å²) in [7, 11) is 0. The fraction of sp³-hybridized carbons (Fsp3) is 1.00. The van der Waals surface area contributed by atoms with E-state index in [-0.39, 0.29) is 0 Å². The second-order valence-electron chi connectivity index (χ2n) is 4.60. The summed E-state index contributed by atoms with van der Waals surface area (Å²) in [5.41, 5.74) is 6.17. The lowest BCUT2D eigenvalue weighted by Gasteiger charge is -2.33. The van der Waals surface area contributed by atoms with Crippen molar-refractivity contribution in [3.05, 3.63) is 0 Å². The molecule has 3 N–H and O–H groups in total. The number of piperidine rings is 1. The lowest BCUT2D eigenvalue weighted by atomic mass is 9.80. The van der Waals surface area contributed by atoms with E-state index in [9.17, 15) is 0 Å². The van der Waals surface area contributed by atoms with Crippen LogP contribution in [-0.2, 0) is 0 Å². The number of nitrogens with one attached hydrogen (secondary N) is 1. The summed E-state index contributed by atoms with van der Waals surface area (Å²) in [6, 6.07) is 0. The van der Waals surface area contributed by atoms with E-state index < -0.39 is 0 Å². The van der Waals surface area contributed by atoms with E-state index in [1.165, 1.54) is 45.4 Å². The van der Waals surface area contributed by atoms with Gasteiger partial charge in [0, 0.05) is 26.2 Å². The van der Waals surface area contributed by atoms with Gasteiger partial charge < -0.3 is 16.0 Å². The van der Waals surface area contributed by atoms with Crippen molar-refractivity contribution in [1.82, 2.24) is 10.2 Å². The first kappa shape index (κ1) is 9.44. The Morgan fingerprint density at radius 2 is 2.31 bits per heavy atom. The maximum absolute atomic E-state index is 5.57. The predicted octanol–water partition coefficient (Wildman–Crippen LogP) is 0.0206. The van der Waals surface area contributed by atoms with Crippen LogP contribution in [0.5, 0.6) is 0 Å². The summed E-state index contributed by atoms with van der Waals surface area (Å²) in [5, 5.41) is 3.52. The molecule has 0 bridgehead atoms. The highest BCUT2D eigenvalue weighted by Gasteiger charge is 2.38. The molecule has 2 saturated heterocycles. The minimum Gasteiger partial charge on any atom is -0.329 e.